The van der Waals surface area contributed by atoms with Gasteiger partial charge in [-0.2, -0.15) is 0 Å². The number of hydrogen-bond donors (Lipinski definition) is 0. The van der Waals surface area contributed by atoms with Crippen molar-refractivity contribution in [3.05, 3.63) is 64.7 Å². The fourth-order valence-corrected chi connectivity index (χ4v) is 3.16. The molecule has 0 aliphatic carbocycles. The summed E-state index contributed by atoms with van der Waals surface area (Å²) in [7, 11) is 1.64. The van der Waals surface area contributed by atoms with Gasteiger partial charge in [0.25, 0.3) is 5.91 Å². The number of amides is 2. The molecule has 0 aromatic heterocycles. The largest absolute Gasteiger partial charge is 0.385 e. The van der Waals surface area contributed by atoms with Crippen LogP contribution in [0.4, 0.5) is 5.69 Å². The van der Waals surface area contributed by atoms with Gasteiger partial charge in [-0.3, -0.25) is 14.6 Å². The van der Waals surface area contributed by atoms with Crippen molar-refractivity contribution >= 4 is 35.3 Å². The number of ether oxygens (including phenoxy) is 1. The quantitative estimate of drug-likeness (QED) is 0.442. The highest BCUT2D eigenvalue weighted by Gasteiger charge is 2.39. The number of nitrogens with zero attached hydrogens (tertiary/aromatic N) is 2. The molecule has 3 rings (SSSR count). The minimum Gasteiger partial charge on any atom is -0.385 e. The van der Waals surface area contributed by atoms with Gasteiger partial charge in [0.2, 0.25) is 5.91 Å². The summed E-state index contributed by atoms with van der Waals surface area (Å²) in [6.45, 7) is 1.16. The van der Waals surface area contributed by atoms with Crippen LogP contribution in [0.1, 0.15) is 28.3 Å². The standard InChI is InChI=1S/C20H19ClN2O3/c1-26-12-6-11-22-13-16-14-7-2-3-8-15(14)19(24)23(20(16)25)18-10-5-4-9-17(18)21/h2-5,7-10,13,16H,6,11-12H2,1H3. The third-order valence-electron chi connectivity index (χ3n) is 4.20. The minimum atomic E-state index is -0.622. The second kappa shape index (κ2) is 8.25. The first-order valence-electron chi connectivity index (χ1n) is 8.35. The lowest BCUT2D eigenvalue weighted by Crippen LogP contribution is -2.45. The molecule has 6 heteroatoms. The third kappa shape index (κ3) is 3.54. The van der Waals surface area contributed by atoms with Crippen molar-refractivity contribution in [1.29, 1.82) is 0 Å². The lowest BCUT2D eigenvalue weighted by atomic mass is 9.89. The van der Waals surface area contributed by atoms with Gasteiger partial charge in [-0.05, 0) is 30.2 Å². The van der Waals surface area contributed by atoms with Crippen LogP contribution in [0.3, 0.4) is 0 Å². The Bertz CT molecular complexity index is 850. The predicted octanol–water partition coefficient (Wildman–Crippen LogP) is 3.72. The molecule has 1 unspecified atom stereocenters. The SMILES string of the molecule is COCCCN=CC1C(=O)N(c2ccccc2Cl)C(=O)c2ccccc21. The molecule has 5 nitrogen and oxygen atoms in total. The van der Waals surface area contributed by atoms with E-state index in [1.165, 1.54) is 0 Å². The Morgan fingerprint density at radius 3 is 2.65 bits per heavy atom. The topological polar surface area (TPSA) is 59.0 Å². The van der Waals surface area contributed by atoms with E-state index < -0.39 is 5.92 Å². The molecule has 0 saturated carbocycles. The number of rotatable bonds is 6. The third-order valence-corrected chi connectivity index (χ3v) is 4.52. The van der Waals surface area contributed by atoms with E-state index >= 15 is 0 Å². The number of imide groups is 1. The number of para-hydroxylation sites is 1. The van der Waals surface area contributed by atoms with E-state index in [0.717, 1.165) is 11.3 Å². The highest BCUT2D eigenvalue weighted by molar-refractivity contribution is 6.37. The molecule has 1 atom stereocenters. The van der Waals surface area contributed by atoms with Gasteiger partial charge in [0, 0.05) is 32.0 Å². The van der Waals surface area contributed by atoms with Crippen LogP contribution in [0.25, 0.3) is 0 Å². The van der Waals surface area contributed by atoms with Crippen LogP contribution in [0.5, 0.6) is 0 Å². The Morgan fingerprint density at radius 1 is 1.15 bits per heavy atom. The summed E-state index contributed by atoms with van der Waals surface area (Å²) in [5.41, 5.74) is 1.54. The molecule has 26 heavy (non-hydrogen) atoms. The number of halogens is 1. The van der Waals surface area contributed by atoms with Crippen molar-refractivity contribution in [3.63, 3.8) is 0 Å². The second-order valence-electron chi connectivity index (χ2n) is 5.90. The number of aliphatic imine (C=N–C) groups is 1. The van der Waals surface area contributed by atoms with Crippen LogP contribution < -0.4 is 4.90 Å². The Hall–Kier alpha value is -2.50. The first kappa shape index (κ1) is 18.3. The number of anilines is 1. The normalized spacial score (nSPS) is 17.0. The second-order valence-corrected chi connectivity index (χ2v) is 6.30. The smallest absolute Gasteiger partial charge is 0.265 e. The summed E-state index contributed by atoms with van der Waals surface area (Å²) >= 11 is 6.23. The molecule has 2 amide bonds. The molecule has 2 aromatic carbocycles. The maximum Gasteiger partial charge on any atom is 0.265 e. The van der Waals surface area contributed by atoms with E-state index in [4.69, 9.17) is 16.3 Å². The molecule has 0 spiro atoms. The Morgan fingerprint density at radius 2 is 1.88 bits per heavy atom. The summed E-state index contributed by atoms with van der Waals surface area (Å²) < 4.78 is 5.01. The number of benzene rings is 2. The number of carbonyl (C=O) groups is 2. The zero-order valence-electron chi connectivity index (χ0n) is 14.4. The summed E-state index contributed by atoms with van der Waals surface area (Å²) in [5, 5.41) is 0.351. The van der Waals surface area contributed by atoms with Crippen LogP contribution in [-0.4, -0.2) is 38.3 Å². The Labute approximate surface area is 157 Å². The van der Waals surface area contributed by atoms with Crippen LogP contribution in [0, 0.1) is 0 Å². The molecule has 0 N–H and O–H groups in total. The molecule has 1 aliphatic rings. The van der Waals surface area contributed by atoms with E-state index in [1.807, 2.05) is 6.07 Å². The van der Waals surface area contributed by atoms with E-state index in [0.29, 0.717) is 35.0 Å². The van der Waals surface area contributed by atoms with E-state index in [2.05, 4.69) is 4.99 Å². The Kier molecular flexibility index (Phi) is 5.81. The van der Waals surface area contributed by atoms with Crippen LogP contribution in [-0.2, 0) is 9.53 Å². The predicted molar refractivity (Wildman–Crippen MR) is 102 cm³/mol. The zero-order valence-corrected chi connectivity index (χ0v) is 15.1. The highest BCUT2D eigenvalue weighted by Crippen LogP contribution is 2.35. The van der Waals surface area contributed by atoms with Crippen molar-refractivity contribution < 1.29 is 14.3 Å². The fraction of sp³-hybridized carbons (Fsp3) is 0.250. The summed E-state index contributed by atoms with van der Waals surface area (Å²) in [4.78, 5) is 31.5. The molecule has 0 saturated heterocycles. The zero-order chi connectivity index (χ0) is 18.5. The molecular formula is C20H19ClN2O3. The van der Waals surface area contributed by atoms with Gasteiger partial charge in [-0.1, -0.05) is 41.9 Å². The average Bonchev–Trinajstić information content (AvgIpc) is 2.65. The molecular weight excluding hydrogens is 352 g/mol. The fourth-order valence-electron chi connectivity index (χ4n) is 2.94. The summed E-state index contributed by atoms with van der Waals surface area (Å²) in [6.07, 6.45) is 2.38. The van der Waals surface area contributed by atoms with E-state index in [9.17, 15) is 9.59 Å². The molecule has 0 radical (unpaired) electrons. The van der Waals surface area contributed by atoms with Crippen molar-refractivity contribution in [3.8, 4) is 0 Å². The van der Waals surface area contributed by atoms with Gasteiger partial charge in [-0.15, -0.1) is 0 Å². The molecule has 134 valence electrons. The molecule has 1 heterocycles. The van der Waals surface area contributed by atoms with Crippen molar-refractivity contribution in [2.24, 2.45) is 4.99 Å². The van der Waals surface area contributed by atoms with Gasteiger partial charge in [0.05, 0.1) is 16.6 Å². The number of fused-ring (bicyclic) bond motifs is 1. The lowest BCUT2D eigenvalue weighted by Gasteiger charge is -2.31. The minimum absolute atomic E-state index is 0.350. The monoisotopic (exact) mass is 370 g/mol. The first-order chi connectivity index (χ1) is 12.6. The van der Waals surface area contributed by atoms with Gasteiger partial charge in [-0.25, -0.2) is 4.90 Å². The molecule has 2 aromatic rings. The van der Waals surface area contributed by atoms with Crippen molar-refractivity contribution in [2.45, 2.75) is 12.3 Å². The highest BCUT2D eigenvalue weighted by atomic mass is 35.5. The van der Waals surface area contributed by atoms with Crippen molar-refractivity contribution in [1.82, 2.24) is 0 Å². The summed E-state index contributed by atoms with van der Waals surface area (Å²) in [5.74, 6) is -1.34. The lowest BCUT2D eigenvalue weighted by molar-refractivity contribution is -0.118. The number of methoxy groups -OCH3 is 1. The number of carbonyl (C=O) groups excluding carboxylic acids is 2. The molecule has 0 fully saturated rings. The van der Waals surface area contributed by atoms with Crippen LogP contribution >= 0.6 is 11.6 Å². The molecule has 1 aliphatic heterocycles. The van der Waals surface area contributed by atoms with Gasteiger partial charge in [0.15, 0.2) is 0 Å². The average molecular weight is 371 g/mol. The maximum absolute atomic E-state index is 13.1. The van der Waals surface area contributed by atoms with Gasteiger partial charge in [0.1, 0.15) is 0 Å². The van der Waals surface area contributed by atoms with E-state index in [-0.39, 0.29) is 11.8 Å². The number of hydrogen-bond acceptors (Lipinski definition) is 4. The summed E-state index contributed by atoms with van der Waals surface area (Å²) in [6, 6.07) is 13.9. The van der Waals surface area contributed by atoms with Crippen LogP contribution in [0.2, 0.25) is 5.02 Å². The van der Waals surface area contributed by atoms with Gasteiger partial charge < -0.3 is 4.74 Å². The maximum atomic E-state index is 13.1. The Balaban J connectivity index is 1.99. The first-order valence-corrected chi connectivity index (χ1v) is 8.73. The van der Waals surface area contributed by atoms with Crippen molar-refractivity contribution in [2.75, 3.05) is 25.2 Å². The van der Waals surface area contributed by atoms with Gasteiger partial charge >= 0.3 is 0 Å². The molecule has 0 bridgehead atoms. The van der Waals surface area contributed by atoms with E-state index in [1.54, 1.807) is 55.8 Å². The van der Waals surface area contributed by atoms with Crippen LogP contribution in [0.15, 0.2) is 53.5 Å².